The first-order chi connectivity index (χ1) is 10.2. The van der Waals surface area contributed by atoms with Crippen LogP contribution in [0.15, 0.2) is 35.1 Å². The van der Waals surface area contributed by atoms with Crippen LogP contribution in [-0.4, -0.2) is 26.2 Å². The summed E-state index contributed by atoms with van der Waals surface area (Å²) in [6.45, 7) is 4.04. The molecule has 0 aliphatic rings. The monoisotopic (exact) mass is 283 g/mol. The largest absolute Gasteiger partial charge is 0.339 e. The maximum atomic E-state index is 6.02. The van der Waals surface area contributed by atoms with Gasteiger partial charge in [0.25, 0.3) is 0 Å². The molecule has 0 bridgehead atoms. The molecule has 3 aromatic rings. The van der Waals surface area contributed by atoms with Crippen molar-refractivity contribution in [1.29, 1.82) is 0 Å². The van der Waals surface area contributed by atoms with Crippen molar-refractivity contribution in [2.75, 3.05) is 0 Å². The van der Waals surface area contributed by atoms with E-state index in [1.54, 1.807) is 12.4 Å². The maximum Gasteiger partial charge on any atom is 0.231 e. The second kappa shape index (κ2) is 5.57. The Bertz CT molecular complexity index is 754. The number of nitrogens with two attached hydrogens (primary N) is 1. The van der Waals surface area contributed by atoms with Crippen molar-refractivity contribution in [3.63, 3.8) is 0 Å². The predicted octanol–water partition coefficient (Wildman–Crippen LogP) is 2.52. The summed E-state index contributed by atoms with van der Waals surface area (Å²) in [5.41, 5.74) is 8.53. The molecule has 2 heterocycles. The zero-order chi connectivity index (χ0) is 14.8. The summed E-state index contributed by atoms with van der Waals surface area (Å²) in [7, 11) is 0. The van der Waals surface area contributed by atoms with Gasteiger partial charge in [0.2, 0.25) is 11.7 Å². The van der Waals surface area contributed by atoms with Crippen molar-refractivity contribution in [1.82, 2.24) is 20.1 Å². The van der Waals surface area contributed by atoms with Gasteiger partial charge in [0, 0.05) is 24.0 Å². The molecular formula is C15H17N5O. The Balaban J connectivity index is 1.94. The molecule has 2 aromatic heterocycles. The van der Waals surface area contributed by atoms with Crippen molar-refractivity contribution in [2.45, 2.75) is 32.2 Å². The van der Waals surface area contributed by atoms with Crippen LogP contribution in [0.1, 0.15) is 32.1 Å². The lowest BCUT2D eigenvalue weighted by Crippen LogP contribution is -2.25. The zero-order valence-electron chi connectivity index (χ0n) is 12.0. The lowest BCUT2D eigenvalue weighted by Gasteiger charge is -2.13. The predicted molar refractivity (Wildman–Crippen MR) is 79.5 cm³/mol. The van der Waals surface area contributed by atoms with E-state index in [9.17, 15) is 0 Å². The molecule has 1 aromatic carbocycles. The quantitative estimate of drug-likeness (QED) is 0.791. The summed E-state index contributed by atoms with van der Waals surface area (Å²) in [6, 6.07) is 5.73. The molecule has 0 radical (unpaired) electrons. The van der Waals surface area contributed by atoms with Crippen LogP contribution in [0.3, 0.4) is 0 Å². The fourth-order valence-corrected chi connectivity index (χ4v) is 2.18. The summed E-state index contributed by atoms with van der Waals surface area (Å²) in [5, 5.41) is 4.04. The molecule has 0 aliphatic heterocycles. The number of benzene rings is 1. The number of hydrogen-bond donors (Lipinski definition) is 1. The number of nitrogens with zero attached hydrogens (tertiary/aromatic N) is 4. The second-order valence-electron chi connectivity index (χ2n) is 5.08. The topological polar surface area (TPSA) is 90.7 Å². The molecule has 0 saturated carbocycles. The highest BCUT2D eigenvalue weighted by atomic mass is 16.5. The Hall–Kier alpha value is -2.34. The molecule has 108 valence electrons. The minimum Gasteiger partial charge on any atom is -0.339 e. The first-order valence-electron chi connectivity index (χ1n) is 6.99. The van der Waals surface area contributed by atoms with Crippen molar-refractivity contribution in [2.24, 2.45) is 5.73 Å². The van der Waals surface area contributed by atoms with E-state index in [1.807, 2.05) is 32.0 Å². The number of rotatable bonds is 4. The van der Waals surface area contributed by atoms with E-state index < -0.39 is 0 Å². The molecule has 3 rings (SSSR count). The highest BCUT2D eigenvalue weighted by Crippen LogP contribution is 2.23. The van der Waals surface area contributed by atoms with Crippen molar-refractivity contribution in [3.8, 4) is 11.4 Å². The Morgan fingerprint density at radius 3 is 2.71 bits per heavy atom. The van der Waals surface area contributed by atoms with Gasteiger partial charge in [-0.15, -0.1) is 0 Å². The van der Waals surface area contributed by atoms with Crippen LogP contribution in [-0.2, 0) is 0 Å². The smallest absolute Gasteiger partial charge is 0.231 e. The van der Waals surface area contributed by atoms with Gasteiger partial charge < -0.3 is 10.3 Å². The molecular weight excluding hydrogens is 266 g/mol. The Morgan fingerprint density at radius 1 is 1.19 bits per heavy atom. The number of hydrogen-bond acceptors (Lipinski definition) is 6. The average Bonchev–Trinajstić information content (AvgIpc) is 3.02. The highest BCUT2D eigenvalue weighted by Gasteiger charge is 2.20. The van der Waals surface area contributed by atoms with E-state index in [2.05, 4.69) is 20.1 Å². The Kier molecular flexibility index (Phi) is 3.62. The van der Waals surface area contributed by atoms with Gasteiger partial charge in [0.05, 0.1) is 17.0 Å². The van der Waals surface area contributed by atoms with E-state index >= 15 is 0 Å². The van der Waals surface area contributed by atoms with Gasteiger partial charge >= 0.3 is 0 Å². The summed E-state index contributed by atoms with van der Waals surface area (Å²) >= 11 is 0. The first kappa shape index (κ1) is 13.6. The molecule has 21 heavy (non-hydrogen) atoms. The van der Waals surface area contributed by atoms with Gasteiger partial charge in [-0.3, -0.25) is 9.97 Å². The summed E-state index contributed by atoms with van der Waals surface area (Å²) in [6.07, 6.45) is 4.20. The molecule has 0 fully saturated rings. The van der Waals surface area contributed by atoms with Gasteiger partial charge in [0.15, 0.2) is 0 Å². The van der Waals surface area contributed by atoms with Crippen LogP contribution in [0.2, 0.25) is 0 Å². The molecule has 2 unspecified atom stereocenters. The second-order valence-corrected chi connectivity index (χ2v) is 5.08. The molecule has 6 heteroatoms. The van der Waals surface area contributed by atoms with Crippen LogP contribution < -0.4 is 5.73 Å². The van der Waals surface area contributed by atoms with E-state index in [0.29, 0.717) is 11.7 Å². The molecule has 0 spiro atoms. The van der Waals surface area contributed by atoms with Crippen LogP contribution in [0.25, 0.3) is 22.4 Å². The van der Waals surface area contributed by atoms with Crippen LogP contribution in [0.4, 0.5) is 0 Å². The lowest BCUT2D eigenvalue weighted by atomic mass is 10.0. The molecule has 0 aliphatic carbocycles. The minimum absolute atomic E-state index is 0.0146. The molecule has 6 nitrogen and oxygen atoms in total. The van der Waals surface area contributed by atoms with Gasteiger partial charge in [0.1, 0.15) is 0 Å². The van der Waals surface area contributed by atoms with Crippen molar-refractivity contribution in [3.05, 3.63) is 36.5 Å². The maximum absolute atomic E-state index is 6.02. The Morgan fingerprint density at radius 2 is 1.95 bits per heavy atom. The van der Waals surface area contributed by atoms with Gasteiger partial charge in [-0.2, -0.15) is 4.98 Å². The minimum atomic E-state index is 0.0146. The molecule has 0 amide bonds. The van der Waals surface area contributed by atoms with E-state index in [4.69, 9.17) is 10.3 Å². The summed E-state index contributed by atoms with van der Waals surface area (Å²) < 4.78 is 5.34. The third-order valence-electron chi connectivity index (χ3n) is 3.67. The van der Waals surface area contributed by atoms with Gasteiger partial charge in [-0.1, -0.05) is 19.0 Å². The molecule has 0 saturated heterocycles. The van der Waals surface area contributed by atoms with Gasteiger partial charge in [-0.05, 0) is 24.6 Å². The number of fused-ring (bicyclic) bond motifs is 1. The third kappa shape index (κ3) is 2.62. The fraction of sp³-hybridized carbons (Fsp3) is 0.333. The van der Waals surface area contributed by atoms with Crippen LogP contribution in [0, 0.1) is 0 Å². The summed E-state index contributed by atoms with van der Waals surface area (Å²) in [4.78, 5) is 13.0. The average molecular weight is 283 g/mol. The molecule has 2 atom stereocenters. The number of aromatic nitrogens is 4. The lowest BCUT2D eigenvalue weighted by molar-refractivity contribution is 0.340. The van der Waals surface area contributed by atoms with Crippen LogP contribution >= 0.6 is 0 Å². The SMILES string of the molecule is CCC(N)C(C)c1nc(-c2ccc3nccnc3c2)no1. The van der Waals surface area contributed by atoms with E-state index in [1.165, 1.54) is 0 Å². The van der Waals surface area contributed by atoms with E-state index in [0.717, 1.165) is 23.0 Å². The zero-order valence-corrected chi connectivity index (χ0v) is 12.0. The van der Waals surface area contributed by atoms with Crippen molar-refractivity contribution < 1.29 is 4.52 Å². The fourth-order valence-electron chi connectivity index (χ4n) is 2.18. The van der Waals surface area contributed by atoms with Gasteiger partial charge in [-0.25, -0.2) is 0 Å². The normalized spacial score (nSPS) is 14.2. The van der Waals surface area contributed by atoms with Crippen molar-refractivity contribution >= 4 is 11.0 Å². The summed E-state index contributed by atoms with van der Waals surface area (Å²) in [5.74, 6) is 1.16. The highest BCUT2D eigenvalue weighted by molar-refractivity contribution is 5.79. The standard InChI is InChI=1S/C15H17N5O/c1-3-11(16)9(2)15-19-14(20-21-15)10-4-5-12-13(8-10)18-7-6-17-12/h4-9,11H,3,16H2,1-2H3. The first-order valence-corrected chi connectivity index (χ1v) is 6.99. The third-order valence-corrected chi connectivity index (χ3v) is 3.67. The van der Waals surface area contributed by atoms with Crippen LogP contribution in [0.5, 0.6) is 0 Å². The Labute approximate surface area is 122 Å². The van der Waals surface area contributed by atoms with E-state index in [-0.39, 0.29) is 12.0 Å². The molecule has 2 N–H and O–H groups in total.